The largest absolute Gasteiger partial charge is 0.382 e. The topological polar surface area (TPSA) is 24.9 Å². The molecule has 0 saturated heterocycles. The molecule has 2 heteroatoms. The molecule has 20 heavy (non-hydrogen) atoms. The summed E-state index contributed by atoms with van der Waals surface area (Å²) in [7, 11) is 0. The van der Waals surface area contributed by atoms with Gasteiger partial charge in [-0.3, -0.25) is 4.98 Å². The lowest BCUT2D eigenvalue weighted by molar-refractivity contribution is 0.327. The molecular formula is C18H24N2. The number of nitrogens with one attached hydrogen (secondary N) is 1. The summed E-state index contributed by atoms with van der Waals surface area (Å²) in [5.74, 6) is 0.899. The molecule has 2 atom stereocenters. The van der Waals surface area contributed by atoms with Crippen LogP contribution in [0.1, 0.15) is 44.7 Å². The zero-order chi connectivity index (χ0) is 13.9. The summed E-state index contributed by atoms with van der Waals surface area (Å²) in [5, 5.41) is 5.04. The number of benzene rings is 1. The van der Waals surface area contributed by atoms with Gasteiger partial charge < -0.3 is 5.32 Å². The third kappa shape index (κ3) is 2.79. The summed E-state index contributed by atoms with van der Waals surface area (Å²) in [6.07, 6.45) is 6.69. The Hall–Kier alpha value is -1.57. The molecule has 2 nitrogen and oxygen atoms in total. The third-order valence-electron chi connectivity index (χ3n) is 4.56. The highest BCUT2D eigenvalue weighted by molar-refractivity contribution is 5.91. The number of rotatable bonds is 3. The monoisotopic (exact) mass is 268 g/mol. The smallest absolute Gasteiger partial charge is 0.0725 e. The van der Waals surface area contributed by atoms with Crippen molar-refractivity contribution in [3.63, 3.8) is 0 Å². The van der Waals surface area contributed by atoms with Gasteiger partial charge in [0.15, 0.2) is 0 Å². The van der Waals surface area contributed by atoms with Gasteiger partial charge in [-0.1, -0.05) is 44.4 Å². The molecule has 1 aliphatic rings. The lowest BCUT2D eigenvalue weighted by atomic mass is 9.84. The maximum Gasteiger partial charge on any atom is 0.0725 e. The first-order valence-electron chi connectivity index (χ1n) is 7.89. The number of anilines is 1. The highest BCUT2D eigenvalue weighted by Gasteiger charge is 2.21. The number of aryl methyl sites for hydroxylation is 1. The molecule has 1 aliphatic carbocycles. The second kappa shape index (κ2) is 5.82. The fraction of sp³-hybridized carbons (Fsp3) is 0.500. The Labute approximate surface area is 121 Å². The zero-order valence-electron chi connectivity index (χ0n) is 12.5. The van der Waals surface area contributed by atoms with Gasteiger partial charge in [-0.15, -0.1) is 0 Å². The van der Waals surface area contributed by atoms with Crippen molar-refractivity contribution in [2.45, 2.75) is 52.0 Å². The second-order valence-corrected chi connectivity index (χ2v) is 6.11. The molecule has 1 fully saturated rings. The van der Waals surface area contributed by atoms with Crippen LogP contribution in [0.4, 0.5) is 5.69 Å². The Bertz CT molecular complexity index is 591. The molecule has 106 valence electrons. The summed E-state index contributed by atoms with van der Waals surface area (Å²) in [4.78, 5) is 4.62. The van der Waals surface area contributed by atoms with Crippen LogP contribution >= 0.6 is 0 Å². The molecule has 1 aromatic carbocycles. The fourth-order valence-corrected chi connectivity index (χ4v) is 3.44. The molecule has 1 saturated carbocycles. The molecule has 0 radical (unpaired) electrons. The quantitative estimate of drug-likeness (QED) is 0.854. The number of para-hydroxylation sites is 1. The summed E-state index contributed by atoms with van der Waals surface area (Å²) in [6.45, 7) is 4.40. The van der Waals surface area contributed by atoms with E-state index < -0.39 is 0 Å². The molecule has 3 rings (SSSR count). The lowest BCUT2D eigenvalue weighted by Gasteiger charge is -2.30. The Morgan fingerprint density at radius 2 is 2.10 bits per heavy atom. The summed E-state index contributed by atoms with van der Waals surface area (Å²) in [6, 6.07) is 11.2. The van der Waals surface area contributed by atoms with Gasteiger partial charge in [0.05, 0.1) is 5.52 Å². The number of pyridine rings is 1. The van der Waals surface area contributed by atoms with E-state index in [1.165, 1.54) is 43.2 Å². The van der Waals surface area contributed by atoms with Crippen molar-refractivity contribution in [3.8, 4) is 0 Å². The van der Waals surface area contributed by atoms with Gasteiger partial charge in [-0.25, -0.2) is 0 Å². The molecule has 0 aliphatic heterocycles. The van der Waals surface area contributed by atoms with Crippen LogP contribution in [-0.4, -0.2) is 11.0 Å². The first-order valence-corrected chi connectivity index (χ1v) is 7.89. The standard InChI is InChI=1S/C18H24N2/c1-3-14-7-6-8-15(12-14)20-18-11-13(2)19-17-10-5-4-9-16(17)18/h4-5,9-11,14-15H,3,6-8,12H2,1-2H3,(H,19,20). The fourth-order valence-electron chi connectivity index (χ4n) is 3.44. The van der Waals surface area contributed by atoms with Crippen molar-refractivity contribution < 1.29 is 0 Å². The van der Waals surface area contributed by atoms with Gasteiger partial charge in [0.2, 0.25) is 0 Å². The van der Waals surface area contributed by atoms with E-state index in [0.29, 0.717) is 6.04 Å². The SMILES string of the molecule is CCC1CCCC(Nc2cc(C)nc3ccccc23)C1. The van der Waals surface area contributed by atoms with Crippen LogP contribution < -0.4 is 5.32 Å². The van der Waals surface area contributed by atoms with Gasteiger partial charge in [-0.05, 0) is 37.8 Å². The molecule has 0 spiro atoms. The molecule has 1 aromatic heterocycles. The van der Waals surface area contributed by atoms with E-state index in [0.717, 1.165) is 17.1 Å². The Morgan fingerprint density at radius 3 is 2.95 bits per heavy atom. The van der Waals surface area contributed by atoms with Crippen molar-refractivity contribution in [1.29, 1.82) is 0 Å². The van der Waals surface area contributed by atoms with Crippen LogP contribution in [0.3, 0.4) is 0 Å². The Balaban J connectivity index is 1.86. The van der Waals surface area contributed by atoms with Gasteiger partial charge in [0, 0.05) is 22.8 Å². The van der Waals surface area contributed by atoms with Gasteiger partial charge in [0.1, 0.15) is 0 Å². The molecular weight excluding hydrogens is 244 g/mol. The van der Waals surface area contributed by atoms with E-state index in [9.17, 15) is 0 Å². The van der Waals surface area contributed by atoms with Crippen molar-refractivity contribution >= 4 is 16.6 Å². The van der Waals surface area contributed by atoms with Crippen molar-refractivity contribution in [2.75, 3.05) is 5.32 Å². The Kier molecular flexibility index (Phi) is 3.90. The summed E-state index contributed by atoms with van der Waals surface area (Å²) < 4.78 is 0. The van der Waals surface area contributed by atoms with E-state index in [4.69, 9.17) is 0 Å². The molecule has 1 N–H and O–H groups in total. The van der Waals surface area contributed by atoms with Crippen LogP contribution in [0.15, 0.2) is 30.3 Å². The molecule has 0 bridgehead atoms. The summed E-state index contributed by atoms with van der Waals surface area (Å²) in [5.41, 5.74) is 3.45. The van der Waals surface area contributed by atoms with Crippen molar-refractivity contribution in [2.24, 2.45) is 5.92 Å². The first kappa shape index (κ1) is 13.4. The van der Waals surface area contributed by atoms with Gasteiger partial charge >= 0.3 is 0 Å². The van der Waals surface area contributed by atoms with Crippen LogP contribution in [0, 0.1) is 12.8 Å². The minimum atomic E-state index is 0.624. The van der Waals surface area contributed by atoms with E-state index >= 15 is 0 Å². The lowest BCUT2D eigenvalue weighted by Crippen LogP contribution is -2.27. The third-order valence-corrected chi connectivity index (χ3v) is 4.56. The number of aromatic nitrogens is 1. The van der Waals surface area contributed by atoms with Crippen LogP contribution in [0.25, 0.3) is 10.9 Å². The van der Waals surface area contributed by atoms with Crippen molar-refractivity contribution in [3.05, 3.63) is 36.0 Å². The average Bonchev–Trinajstić information content (AvgIpc) is 2.47. The molecule has 0 amide bonds. The summed E-state index contributed by atoms with van der Waals surface area (Å²) >= 11 is 0. The maximum absolute atomic E-state index is 4.62. The average molecular weight is 268 g/mol. The van der Waals surface area contributed by atoms with Gasteiger partial charge in [-0.2, -0.15) is 0 Å². The first-order chi connectivity index (χ1) is 9.76. The molecule has 2 aromatic rings. The van der Waals surface area contributed by atoms with Crippen LogP contribution in [0.5, 0.6) is 0 Å². The van der Waals surface area contributed by atoms with E-state index in [1.807, 2.05) is 0 Å². The highest BCUT2D eigenvalue weighted by atomic mass is 14.9. The van der Waals surface area contributed by atoms with Crippen LogP contribution in [0.2, 0.25) is 0 Å². The second-order valence-electron chi connectivity index (χ2n) is 6.11. The van der Waals surface area contributed by atoms with Crippen molar-refractivity contribution in [1.82, 2.24) is 4.98 Å². The molecule has 1 heterocycles. The minimum absolute atomic E-state index is 0.624. The number of nitrogens with zero attached hydrogens (tertiary/aromatic N) is 1. The number of hydrogen-bond donors (Lipinski definition) is 1. The molecule has 2 unspecified atom stereocenters. The normalized spacial score (nSPS) is 22.9. The predicted molar refractivity (Wildman–Crippen MR) is 86.1 cm³/mol. The highest BCUT2D eigenvalue weighted by Crippen LogP contribution is 2.31. The minimum Gasteiger partial charge on any atom is -0.382 e. The zero-order valence-corrected chi connectivity index (χ0v) is 12.5. The predicted octanol–water partition coefficient (Wildman–Crippen LogP) is 4.92. The number of hydrogen-bond acceptors (Lipinski definition) is 2. The number of fused-ring (bicyclic) bond motifs is 1. The van der Waals surface area contributed by atoms with E-state index in [2.05, 4.69) is 54.5 Å². The van der Waals surface area contributed by atoms with Gasteiger partial charge in [0.25, 0.3) is 0 Å². The van der Waals surface area contributed by atoms with E-state index in [-0.39, 0.29) is 0 Å². The maximum atomic E-state index is 4.62. The Morgan fingerprint density at radius 1 is 1.25 bits per heavy atom. The van der Waals surface area contributed by atoms with E-state index in [1.54, 1.807) is 0 Å². The van der Waals surface area contributed by atoms with Crippen LogP contribution in [-0.2, 0) is 0 Å².